The van der Waals surface area contributed by atoms with Crippen LogP contribution in [0.5, 0.6) is 11.6 Å². The van der Waals surface area contributed by atoms with E-state index in [9.17, 15) is 10.1 Å². The van der Waals surface area contributed by atoms with Gasteiger partial charge in [0.15, 0.2) is 0 Å². The normalized spacial score (nSPS) is 10.1. The molecule has 0 amide bonds. The topological polar surface area (TPSA) is 90.2 Å². The van der Waals surface area contributed by atoms with Gasteiger partial charge in [-0.3, -0.25) is 10.1 Å². The molecule has 7 nitrogen and oxygen atoms in total. The van der Waals surface area contributed by atoms with E-state index in [4.69, 9.17) is 4.74 Å². The van der Waals surface area contributed by atoms with E-state index >= 15 is 0 Å². The number of nitrogens with zero attached hydrogens (tertiary/aromatic N) is 3. The molecule has 7 heteroatoms. The molecule has 2 rings (SSSR count). The molecule has 0 aliphatic rings. The van der Waals surface area contributed by atoms with Crippen LogP contribution in [0.25, 0.3) is 0 Å². The fourth-order valence-corrected chi connectivity index (χ4v) is 1.79. The first-order valence-electron chi connectivity index (χ1n) is 6.09. The van der Waals surface area contributed by atoms with E-state index in [0.717, 1.165) is 5.56 Å². The Morgan fingerprint density at radius 1 is 1.40 bits per heavy atom. The van der Waals surface area contributed by atoms with Crippen LogP contribution in [0, 0.1) is 10.1 Å². The van der Waals surface area contributed by atoms with Gasteiger partial charge in [0.2, 0.25) is 5.88 Å². The third-order valence-corrected chi connectivity index (χ3v) is 2.74. The van der Waals surface area contributed by atoms with Crippen molar-refractivity contribution in [3.8, 4) is 11.6 Å². The molecule has 0 unspecified atom stereocenters. The maximum absolute atomic E-state index is 10.7. The first kappa shape index (κ1) is 13.7. The largest absolute Gasteiger partial charge is 0.438 e. The highest BCUT2D eigenvalue weighted by molar-refractivity contribution is 5.50. The smallest absolute Gasteiger partial charge is 0.273 e. The highest BCUT2D eigenvalue weighted by Gasteiger charge is 2.12. The fraction of sp³-hybridized carbons (Fsp3) is 0.231. The van der Waals surface area contributed by atoms with Crippen molar-refractivity contribution in [2.24, 2.45) is 0 Å². The molecule has 1 heterocycles. The number of nitro groups is 1. The van der Waals surface area contributed by atoms with E-state index < -0.39 is 4.92 Å². The third kappa shape index (κ3) is 2.82. The molecule has 0 atom stereocenters. The van der Waals surface area contributed by atoms with Crippen molar-refractivity contribution in [3.05, 3.63) is 46.3 Å². The summed E-state index contributed by atoms with van der Waals surface area (Å²) in [5.41, 5.74) is 0.796. The van der Waals surface area contributed by atoms with Crippen molar-refractivity contribution in [3.63, 3.8) is 0 Å². The molecule has 1 N–H and O–H groups in total. The van der Waals surface area contributed by atoms with Crippen LogP contribution >= 0.6 is 0 Å². The lowest BCUT2D eigenvalue weighted by Crippen LogP contribution is -2.02. The van der Waals surface area contributed by atoms with Gasteiger partial charge < -0.3 is 10.1 Å². The second-order valence-corrected chi connectivity index (χ2v) is 3.97. The Morgan fingerprint density at radius 3 is 2.85 bits per heavy atom. The van der Waals surface area contributed by atoms with Gasteiger partial charge in [-0.2, -0.15) is 0 Å². The van der Waals surface area contributed by atoms with Gasteiger partial charge in [0.25, 0.3) is 5.69 Å². The van der Waals surface area contributed by atoms with Crippen LogP contribution in [0.4, 0.5) is 11.5 Å². The number of anilines is 1. The molecule has 1 aromatic heterocycles. The number of nitrogens with one attached hydrogen (secondary N) is 1. The fourth-order valence-electron chi connectivity index (χ4n) is 1.79. The Hall–Kier alpha value is -2.70. The van der Waals surface area contributed by atoms with E-state index in [1.165, 1.54) is 18.5 Å². The molecule has 20 heavy (non-hydrogen) atoms. The molecule has 104 valence electrons. The predicted molar refractivity (Wildman–Crippen MR) is 74.1 cm³/mol. The van der Waals surface area contributed by atoms with Crippen LogP contribution in [0.2, 0.25) is 0 Å². The lowest BCUT2D eigenvalue weighted by Gasteiger charge is -2.11. The summed E-state index contributed by atoms with van der Waals surface area (Å²) in [6.07, 6.45) is 2.07. The Bertz CT molecular complexity index is 631. The summed E-state index contributed by atoms with van der Waals surface area (Å²) < 4.78 is 5.64. The van der Waals surface area contributed by atoms with Crippen molar-refractivity contribution < 1.29 is 9.66 Å². The van der Waals surface area contributed by atoms with Gasteiger partial charge in [0.05, 0.1) is 16.6 Å². The molecule has 0 saturated heterocycles. The number of ether oxygens (including phenoxy) is 1. The zero-order valence-electron chi connectivity index (χ0n) is 11.2. The average molecular weight is 274 g/mol. The van der Waals surface area contributed by atoms with Crippen molar-refractivity contribution >= 4 is 11.5 Å². The van der Waals surface area contributed by atoms with Gasteiger partial charge in [0.1, 0.15) is 17.9 Å². The highest BCUT2D eigenvalue weighted by Crippen LogP contribution is 2.28. The molecular weight excluding hydrogens is 260 g/mol. The van der Waals surface area contributed by atoms with Crippen LogP contribution in [-0.2, 0) is 6.42 Å². The van der Waals surface area contributed by atoms with Gasteiger partial charge in [-0.25, -0.2) is 9.97 Å². The summed E-state index contributed by atoms with van der Waals surface area (Å²) in [4.78, 5) is 18.5. The number of rotatable bonds is 5. The van der Waals surface area contributed by atoms with E-state index in [1.54, 1.807) is 19.2 Å². The number of aromatic nitrogens is 2. The lowest BCUT2D eigenvalue weighted by atomic mass is 10.2. The SMILES string of the molecule is CCc1c(NC)ncnc1Oc1cccc([N+](=O)[O-])c1. The predicted octanol–water partition coefficient (Wildman–Crippen LogP) is 2.78. The summed E-state index contributed by atoms with van der Waals surface area (Å²) in [6.45, 7) is 1.96. The Balaban J connectivity index is 2.35. The minimum atomic E-state index is -0.466. The molecular formula is C13H14N4O3. The van der Waals surface area contributed by atoms with E-state index in [2.05, 4.69) is 15.3 Å². The van der Waals surface area contributed by atoms with Crippen molar-refractivity contribution in [2.45, 2.75) is 13.3 Å². The molecule has 0 saturated carbocycles. The zero-order valence-corrected chi connectivity index (χ0v) is 11.2. The van der Waals surface area contributed by atoms with Crippen LogP contribution in [0.1, 0.15) is 12.5 Å². The minimum Gasteiger partial charge on any atom is -0.438 e. The van der Waals surface area contributed by atoms with E-state index in [0.29, 0.717) is 23.9 Å². The van der Waals surface area contributed by atoms with Gasteiger partial charge in [-0.15, -0.1) is 0 Å². The summed E-state index contributed by atoms with van der Waals surface area (Å²) in [5, 5.41) is 13.7. The molecule has 0 radical (unpaired) electrons. The highest BCUT2D eigenvalue weighted by atomic mass is 16.6. The van der Waals surface area contributed by atoms with Crippen molar-refractivity contribution in [2.75, 3.05) is 12.4 Å². The number of non-ortho nitro benzene ring substituents is 1. The quantitative estimate of drug-likeness (QED) is 0.666. The first-order valence-corrected chi connectivity index (χ1v) is 6.09. The number of hydrogen-bond donors (Lipinski definition) is 1. The van der Waals surface area contributed by atoms with Crippen molar-refractivity contribution in [1.82, 2.24) is 9.97 Å². The molecule has 2 aromatic rings. The summed E-state index contributed by atoms with van der Waals surface area (Å²) >= 11 is 0. The third-order valence-electron chi connectivity index (χ3n) is 2.74. The second kappa shape index (κ2) is 5.96. The second-order valence-electron chi connectivity index (χ2n) is 3.97. The van der Waals surface area contributed by atoms with Gasteiger partial charge in [-0.1, -0.05) is 13.0 Å². The maximum Gasteiger partial charge on any atom is 0.273 e. The lowest BCUT2D eigenvalue weighted by molar-refractivity contribution is -0.384. The monoisotopic (exact) mass is 274 g/mol. The Kier molecular flexibility index (Phi) is 4.09. The van der Waals surface area contributed by atoms with Gasteiger partial charge in [0, 0.05) is 13.1 Å². The van der Waals surface area contributed by atoms with Gasteiger partial charge >= 0.3 is 0 Å². The van der Waals surface area contributed by atoms with E-state index in [-0.39, 0.29) is 5.69 Å². The number of hydrogen-bond acceptors (Lipinski definition) is 6. The number of nitro benzene ring substituents is 1. The van der Waals surface area contributed by atoms with Crippen LogP contribution in [0.3, 0.4) is 0 Å². The van der Waals surface area contributed by atoms with Crippen molar-refractivity contribution in [1.29, 1.82) is 0 Å². The maximum atomic E-state index is 10.7. The van der Waals surface area contributed by atoms with E-state index in [1.807, 2.05) is 6.92 Å². The minimum absolute atomic E-state index is 0.0246. The molecule has 0 aliphatic carbocycles. The van der Waals surface area contributed by atoms with Gasteiger partial charge in [-0.05, 0) is 12.5 Å². The molecule has 0 spiro atoms. The average Bonchev–Trinajstić information content (AvgIpc) is 2.47. The summed E-state index contributed by atoms with van der Waals surface area (Å²) in [6, 6.07) is 5.99. The summed E-state index contributed by atoms with van der Waals surface area (Å²) in [7, 11) is 1.76. The first-order chi connectivity index (χ1) is 9.65. The van der Waals surface area contributed by atoms with Crippen LogP contribution in [-0.4, -0.2) is 21.9 Å². The molecule has 0 bridgehead atoms. The van der Waals surface area contributed by atoms with Crippen LogP contribution < -0.4 is 10.1 Å². The number of benzene rings is 1. The standard InChI is InChI=1S/C13H14N4O3/c1-3-11-12(14-2)15-8-16-13(11)20-10-6-4-5-9(7-10)17(18)19/h4-8H,3H2,1-2H3,(H,14,15,16). The van der Waals surface area contributed by atoms with Crippen LogP contribution in [0.15, 0.2) is 30.6 Å². The Labute approximate surface area is 115 Å². The molecule has 1 aromatic carbocycles. The molecule has 0 fully saturated rings. The Morgan fingerprint density at radius 2 is 2.20 bits per heavy atom. The molecule has 0 aliphatic heterocycles. The zero-order chi connectivity index (χ0) is 14.5. The summed E-state index contributed by atoms with van der Waals surface area (Å²) in [5.74, 6) is 1.45.